The van der Waals surface area contributed by atoms with Gasteiger partial charge in [0.05, 0.1) is 6.21 Å². The lowest BCUT2D eigenvalue weighted by atomic mass is 9.96. The second-order valence-corrected chi connectivity index (χ2v) is 6.30. The van der Waals surface area contributed by atoms with Gasteiger partial charge in [0, 0.05) is 28.2 Å². The van der Waals surface area contributed by atoms with Gasteiger partial charge in [-0.15, -0.1) is 0 Å². The van der Waals surface area contributed by atoms with Crippen LogP contribution in [0.1, 0.15) is 43.4 Å². The standard InChI is InChI=1S/C17H22N4S/c1-12-15(14-9-5-6-10-16(14)19-12)11-18-21-17(22)20-13-7-3-2-4-8-13/h5-6,9-11,13,19H,2-4,7-8H2,1H3,(H2,20,21,22)/b18-11+. The Balaban J connectivity index is 1.61. The normalized spacial score (nSPS) is 16.2. The molecule has 1 aliphatic rings. The van der Waals surface area contributed by atoms with Crippen LogP contribution in [0.3, 0.4) is 0 Å². The number of benzene rings is 1. The van der Waals surface area contributed by atoms with Gasteiger partial charge in [0.1, 0.15) is 0 Å². The number of thiocarbonyl (C=S) groups is 1. The van der Waals surface area contributed by atoms with E-state index in [2.05, 4.69) is 39.9 Å². The number of nitrogens with zero attached hydrogens (tertiary/aromatic N) is 1. The number of H-pyrrole nitrogens is 1. The van der Waals surface area contributed by atoms with Crippen molar-refractivity contribution in [3.05, 3.63) is 35.5 Å². The van der Waals surface area contributed by atoms with Crippen molar-refractivity contribution in [1.29, 1.82) is 0 Å². The first kappa shape index (κ1) is 15.0. The van der Waals surface area contributed by atoms with Crippen molar-refractivity contribution in [2.45, 2.75) is 45.1 Å². The van der Waals surface area contributed by atoms with E-state index in [-0.39, 0.29) is 0 Å². The van der Waals surface area contributed by atoms with Gasteiger partial charge in [-0.25, -0.2) is 0 Å². The lowest BCUT2D eigenvalue weighted by Crippen LogP contribution is -2.40. The SMILES string of the molecule is Cc1[nH]c2ccccc2c1/C=N/NC(=S)NC1CCCCC1. The zero-order valence-electron chi connectivity index (χ0n) is 12.9. The molecule has 1 heterocycles. The number of para-hydroxylation sites is 1. The fourth-order valence-corrected chi connectivity index (χ4v) is 3.30. The van der Waals surface area contributed by atoms with Crippen LogP contribution in [0.4, 0.5) is 0 Å². The second kappa shape index (κ2) is 6.92. The molecule has 0 unspecified atom stereocenters. The molecule has 0 amide bonds. The summed E-state index contributed by atoms with van der Waals surface area (Å²) >= 11 is 5.31. The van der Waals surface area contributed by atoms with Crippen LogP contribution in [0.5, 0.6) is 0 Å². The molecule has 22 heavy (non-hydrogen) atoms. The highest BCUT2D eigenvalue weighted by molar-refractivity contribution is 7.80. The molecule has 0 spiro atoms. The quantitative estimate of drug-likeness (QED) is 0.461. The predicted octanol–water partition coefficient (Wildman–Crippen LogP) is 3.61. The lowest BCUT2D eigenvalue weighted by Gasteiger charge is -2.23. The van der Waals surface area contributed by atoms with Crippen LogP contribution in [-0.4, -0.2) is 22.4 Å². The molecule has 116 valence electrons. The van der Waals surface area contributed by atoms with Crippen LogP contribution in [-0.2, 0) is 0 Å². The van der Waals surface area contributed by atoms with Crippen LogP contribution < -0.4 is 10.7 Å². The van der Waals surface area contributed by atoms with Crippen LogP contribution in [0.15, 0.2) is 29.4 Å². The Labute approximate surface area is 136 Å². The molecule has 0 aliphatic heterocycles. The Hall–Kier alpha value is -1.88. The Morgan fingerprint density at radius 2 is 2.05 bits per heavy atom. The number of hydrazone groups is 1. The molecular weight excluding hydrogens is 292 g/mol. The van der Waals surface area contributed by atoms with Gasteiger partial charge in [0.15, 0.2) is 5.11 Å². The maximum absolute atomic E-state index is 5.31. The minimum atomic E-state index is 0.499. The topological polar surface area (TPSA) is 52.2 Å². The summed E-state index contributed by atoms with van der Waals surface area (Å²) in [6.07, 6.45) is 8.16. The summed E-state index contributed by atoms with van der Waals surface area (Å²) in [7, 11) is 0. The number of fused-ring (bicyclic) bond motifs is 1. The van der Waals surface area contributed by atoms with Crippen LogP contribution in [0.25, 0.3) is 10.9 Å². The van der Waals surface area contributed by atoms with Gasteiger partial charge in [-0.1, -0.05) is 37.5 Å². The first-order valence-corrected chi connectivity index (χ1v) is 8.32. The third-order valence-corrected chi connectivity index (χ3v) is 4.45. The zero-order chi connectivity index (χ0) is 15.4. The highest BCUT2D eigenvalue weighted by Gasteiger charge is 2.13. The maximum atomic E-state index is 5.31. The second-order valence-electron chi connectivity index (χ2n) is 5.89. The fourth-order valence-electron chi connectivity index (χ4n) is 3.08. The molecule has 2 aromatic rings. The van der Waals surface area contributed by atoms with Crippen molar-refractivity contribution >= 4 is 34.4 Å². The van der Waals surface area contributed by atoms with Gasteiger partial charge in [0.2, 0.25) is 0 Å². The summed E-state index contributed by atoms with van der Waals surface area (Å²) in [5.41, 5.74) is 6.27. The molecule has 1 aliphatic carbocycles. The smallest absolute Gasteiger partial charge is 0.187 e. The van der Waals surface area contributed by atoms with Gasteiger partial charge < -0.3 is 10.3 Å². The van der Waals surface area contributed by atoms with E-state index >= 15 is 0 Å². The third kappa shape index (κ3) is 3.47. The minimum absolute atomic E-state index is 0.499. The molecule has 4 nitrogen and oxygen atoms in total. The first-order valence-electron chi connectivity index (χ1n) is 7.91. The number of aryl methyl sites for hydroxylation is 1. The van der Waals surface area contributed by atoms with E-state index in [1.807, 2.05) is 18.3 Å². The molecule has 0 atom stereocenters. The molecular formula is C17H22N4S. The van der Waals surface area contributed by atoms with Crippen molar-refractivity contribution in [2.24, 2.45) is 5.10 Å². The van der Waals surface area contributed by atoms with E-state index in [9.17, 15) is 0 Å². The van der Waals surface area contributed by atoms with Crippen LogP contribution in [0, 0.1) is 6.92 Å². The van der Waals surface area contributed by atoms with Crippen molar-refractivity contribution in [2.75, 3.05) is 0 Å². The highest BCUT2D eigenvalue weighted by Crippen LogP contribution is 2.20. The van der Waals surface area contributed by atoms with Crippen LogP contribution >= 0.6 is 12.2 Å². The van der Waals surface area contributed by atoms with E-state index in [1.165, 1.54) is 37.5 Å². The van der Waals surface area contributed by atoms with Gasteiger partial charge >= 0.3 is 0 Å². The number of aromatic nitrogens is 1. The zero-order valence-corrected chi connectivity index (χ0v) is 13.7. The molecule has 0 radical (unpaired) electrons. The number of hydrogen-bond donors (Lipinski definition) is 3. The molecule has 1 saturated carbocycles. The largest absolute Gasteiger partial charge is 0.359 e. The molecule has 0 saturated heterocycles. The van der Waals surface area contributed by atoms with E-state index < -0.39 is 0 Å². The summed E-state index contributed by atoms with van der Waals surface area (Å²) < 4.78 is 0. The van der Waals surface area contributed by atoms with E-state index in [4.69, 9.17) is 12.2 Å². The molecule has 3 rings (SSSR count). The monoisotopic (exact) mass is 314 g/mol. The van der Waals surface area contributed by atoms with Crippen molar-refractivity contribution in [3.63, 3.8) is 0 Å². The highest BCUT2D eigenvalue weighted by atomic mass is 32.1. The first-order chi connectivity index (χ1) is 10.7. The Morgan fingerprint density at radius 3 is 2.86 bits per heavy atom. The number of nitrogens with one attached hydrogen (secondary N) is 3. The van der Waals surface area contributed by atoms with Crippen molar-refractivity contribution < 1.29 is 0 Å². The molecule has 1 aromatic heterocycles. The summed E-state index contributed by atoms with van der Waals surface area (Å²) in [6, 6.07) is 8.73. The molecule has 3 N–H and O–H groups in total. The van der Waals surface area contributed by atoms with Crippen molar-refractivity contribution in [1.82, 2.24) is 15.7 Å². The molecule has 1 fully saturated rings. The lowest BCUT2D eigenvalue weighted by molar-refractivity contribution is 0.412. The van der Waals surface area contributed by atoms with E-state index in [0.29, 0.717) is 11.2 Å². The minimum Gasteiger partial charge on any atom is -0.359 e. The van der Waals surface area contributed by atoms with Gasteiger partial charge in [-0.05, 0) is 38.0 Å². The fraction of sp³-hybridized carbons (Fsp3) is 0.412. The van der Waals surface area contributed by atoms with E-state index in [0.717, 1.165) is 16.8 Å². The predicted molar refractivity (Wildman–Crippen MR) is 96.4 cm³/mol. The molecule has 0 bridgehead atoms. The summed E-state index contributed by atoms with van der Waals surface area (Å²) in [5, 5.41) is 9.43. The average molecular weight is 314 g/mol. The maximum Gasteiger partial charge on any atom is 0.187 e. The third-order valence-electron chi connectivity index (χ3n) is 4.24. The molecule has 1 aromatic carbocycles. The summed E-state index contributed by atoms with van der Waals surface area (Å²) in [4.78, 5) is 3.36. The summed E-state index contributed by atoms with van der Waals surface area (Å²) in [5.74, 6) is 0. The Kier molecular flexibility index (Phi) is 4.73. The van der Waals surface area contributed by atoms with Gasteiger partial charge in [-0.2, -0.15) is 5.10 Å². The Morgan fingerprint density at radius 1 is 1.27 bits per heavy atom. The average Bonchev–Trinajstić information content (AvgIpc) is 2.84. The van der Waals surface area contributed by atoms with Gasteiger partial charge in [-0.3, -0.25) is 5.43 Å². The van der Waals surface area contributed by atoms with E-state index in [1.54, 1.807) is 0 Å². The van der Waals surface area contributed by atoms with Crippen molar-refractivity contribution in [3.8, 4) is 0 Å². The molecule has 5 heteroatoms. The van der Waals surface area contributed by atoms with Gasteiger partial charge in [0.25, 0.3) is 0 Å². The number of hydrogen-bond acceptors (Lipinski definition) is 2. The summed E-state index contributed by atoms with van der Waals surface area (Å²) in [6.45, 7) is 2.06. The number of rotatable bonds is 3. The number of aromatic amines is 1. The Bertz CT molecular complexity index is 683. The van der Waals surface area contributed by atoms with Crippen LogP contribution in [0.2, 0.25) is 0 Å².